The number of rotatable bonds is 19. The Morgan fingerprint density at radius 2 is 0.903 bits per heavy atom. The zero-order valence-corrected chi connectivity index (χ0v) is 69.3. The van der Waals surface area contributed by atoms with E-state index in [2.05, 4.69) is 70.4 Å². The molecule has 35 heteroatoms. The lowest BCUT2D eigenvalue weighted by molar-refractivity contribution is -0.140. The summed E-state index contributed by atoms with van der Waals surface area (Å²) in [4.78, 5) is 115. The lowest BCUT2D eigenvalue weighted by Gasteiger charge is -2.27. The summed E-state index contributed by atoms with van der Waals surface area (Å²) in [7, 11) is 8.43. The van der Waals surface area contributed by atoms with E-state index in [-0.39, 0.29) is 66.8 Å². The van der Waals surface area contributed by atoms with Gasteiger partial charge in [0.2, 0.25) is 23.6 Å². The zero-order valence-electron chi connectivity index (χ0n) is 69.3. The molecule has 640 valence electrons. The Morgan fingerprint density at radius 1 is 0.484 bits per heavy atom. The van der Waals surface area contributed by atoms with Crippen molar-refractivity contribution in [3.63, 3.8) is 0 Å². The quantitative estimate of drug-likeness (QED) is 0.0395. The van der Waals surface area contributed by atoms with Crippen LogP contribution >= 0.6 is 0 Å². The third kappa shape index (κ3) is 17.9. The SMILES string of the molecule is CNC(=O)CCc1ncnc2[nH]c(-c3cn(CC(=O)N4CCOCC4)c4ccc(OC)cc34)cc12.COc1ccc2c(c1)c(-c1cc3c(C(F)(F)F)ncnc3[nH]1)cn2CC(=O)N1CCCCC1.COc1ccc2c(c1)c(-c1cc3cncnc3[nH]1)cn2CC(=O)N1CCOCC1.Cn1cc(-c2cc3cncnc3[nH]2)c2cc(C(=O)NC(C)(C)CO)ccc21. The van der Waals surface area contributed by atoms with Gasteiger partial charge in [0.15, 0.2) is 5.69 Å². The van der Waals surface area contributed by atoms with E-state index in [4.69, 9.17) is 23.7 Å². The van der Waals surface area contributed by atoms with Crippen molar-refractivity contribution in [2.75, 3.05) is 101 Å². The molecule has 0 spiro atoms. The van der Waals surface area contributed by atoms with Crippen LogP contribution in [0.4, 0.5) is 13.2 Å². The summed E-state index contributed by atoms with van der Waals surface area (Å²) in [6, 6.07) is 30.3. The number of hydrogen-bond acceptors (Lipinski definition) is 19. The van der Waals surface area contributed by atoms with Crippen LogP contribution in [0.2, 0.25) is 0 Å². The number of amides is 5. The number of halogens is 3. The lowest BCUT2D eigenvalue weighted by Crippen LogP contribution is -2.46. The van der Waals surface area contributed by atoms with E-state index >= 15 is 0 Å². The standard InChI is InChI=1S/C25H28N6O4.C23H22F3N5O2.C21H21N5O3.C20H21N5O2/c1-26-23(32)6-4-20-18-12-21(29-25(18)28-15-27-20)19-13-31(14-24(33)30-7-9-35-10-8-30)22-5-3-16(34-2)11-17(19)22;1-33-14-5-6-19-15(9-14)17(11-31(19)12-20(32)30-7-3-2-4-8-30)18-10-16-21(23(24,25)26)27-13-28-22(16)29-18;1-28-15-2-3-19-16(9-15)17(18-8-14-10-22-13-23-21(14)24-18)11-26(19)12-20(27)25-4-6-29-7-5-25;1-20(2,10-26)24-19(27)12-4-5-17-14(6-12)15(9-25(17)3)16-7-13-8-21-11-22-18(13)23-16/h3,5,11-13,15H,4,6-10,14H2,1-2H3,(H,26,32)(H,27,28,29);5-6,9-11,13H,2-4,7-8,12H2,1H3,(H,27,28,29);2-3,8-11,13H,4-7,12H2,1H3,(H,22,23,24);4-9,11,26H,10H2,1-3H3,(H,24,27)(H,21,22,23). The summed E-state index contributed by atoms with van der Waals surface area (Å²) in [6.07, 6.45) is 16.2. The Morgan fingerprint density at radius 3 is 1.36 bits per heavy atom. The number of aliphatic hydroxyl groups excluding tert-OH is 1. The van der Waals surface area contributed by atoms with Gasteiger partial charge in [0.05, 0.1) is 71.0 Å². The molecule has 0 aliphatic carbocycles. The summed E-state index contributed by atoms with van der Waals surface area (Å²) in [5, 5.41) is 21.2. The number of carbonyl (C=O) groups excluding carboxylic acids is 5. The molecule has 0 unspecified atom stereocenters. The number of piperidine rings is 1. The smallest absolute Gasteiger partial charge is 0.434 e. The maximum Gasteiger partial charge on any atom is 0.434 e. The van der Waals surface area contributed by atoms with Gasteiger partial charge in [-0.05, 0) is 137 Å². The number of aromatic nitrogens is 16. The first kappa shape index (κ1) is 83.6. The van der Waals surface area contributed by atoms with Gasteiger partial charge in [0.25, 0.3) is 5.91 Å². The van der Waals surface area contributed by atoms with E-state index in [9.17, 15) is 42.3 Å². The second-order valence-electron chi connectivity index (χ2n) is 31.1. The van der Waals surface area contributed by atoms with Crippen molar-refractivity contribution < 1.29 is 65.9 Å². The summed E-state index contributed by atoms with van der Waals surface area (Å²) < 4.78 is 75.2. The summed E-state index contributed by atoms with van der Waals surface area (Å²) >= 11 is 0. The summed E-state index contributed by atoms with van der Waals surface area (Å²) in [5.41, 5.74) is 12.5. The fourth-order valence-electron chi connectivity index (χ4n) is 16.0. The topological polar surface area (TPSA) is 372 Å². The average molecular weight is 1690 g/mol. The minimum atomic E-state index is -4.60. The summed E-state index contributed by atoms with van der Waals surface area (Å²) in [5.74, 6) is 2.04. The van der Waals surface area contributed by atoms with E-state index in [1.54, 1.807) is 72.9 Å². The van der Waals surface area contributed by atoms with Gasteiger partial charge >= 0.3 is 6.18 Å². The van der Waals surface area contributed by atoms with Crippen LogP contribution in [0.1, 0.15) is 61.3 Å². The van der Waals surface area contributed by atoms with Crippen LogP contribution in [0.15, 0.2) is 160 Å². The molecule has 0 radical (unpaired) electrons. The number of fused-ring (bicyclic) bond motifs is 8. The Labute approximate surface area is 707 Å². The van der Waals surface area contributed by atoms with Crippen molar-refractivity contribution >= 4 is 117 Å². The van der Waals surface area contributed by atoms with Crippen molar-refractivity contribution in [2.45, 2.75) is 77.3 Å². The number of benzene rings is 4. The molecule has 15 heterocycles. The van der Waals surface area contributed by atoms with Crippen LogP contribution < -0.4 is 24.8 Å². The molecule has 4 aromatic carbocycles. The molecule has 0 atom stereocenters. The molecular weight excluding hydrogens is 1600 g/mol. The number of nitrogens with zero attached hydrogens (tertiary/aromatic N) is 15. The highest BCUT2D eigenvalue weighted by Crippen LogP contribution is 2.41. The Hall–Kier alpha value is -14.1. The number of alkyl halides is 3. The number of H-pyrrole nitrogens is 4. The molecule has 124 heavy (non-hydrogen) atoms. The van der Waals surface area contributed by atoms with Crippen LogP contribution in [0.5, 0.6) is 17.2 Å². The minimum Gasteiger partial charge on any atom is -0.497 e. The fourth-order valence-corrected chi connectivity index (χ4v) is 16.0. The van der Waals surface area contributed by atoms with E-state index < -0.39 is 17.4 Å². The second-order valence-corrected chi connectivity index (χ2v) is 31.1. The predicted molar refractivity (Wildman–Crippen MR) is 461 cm³/mol. The minimum absolute atomic E-state index is 0.0239. The van der Waals surface area contributed by atoms with E-state index in [0.717, 1.165) is 161 Å². The first-order valence-corrected chi connectivity index (χ1v) is 40.6. The highest BCUT2D eigenvalue weighted by Gasteiger charge is 2.36. The van der Waals surface area contributed by atoms with Crippen LogP contribution in [-0.2, 0) is 67.9 Å². The molecule has 32 nitrogen and oxygen atoms in total. The molecule has 3 aliphatic rings. The molecule has 3 saturated heterocycles. The normalized spacial score (nSPS) is 13.9. The number of aromatic amines is 4. The van der Waals surface area contributed by atoms with Crippen molar-refractivity contribution in [3.8, 4) is 62.3 Å². The maximum absolute atomic E-state index is 13.4. The molecule has 3 fully saturated rings. The Bertz CT molecular complexity index is 6580. The molecule has 0 saturated carbocycles. The van der Waals surface area contributed by atoms with Crippen LogP contribution in [-0.4, -0.2) is 234 Å². The predicted octanol–water partition coefficient (Wildman–Crippen LogP) is 11.8. The van der Waals surface area contributed by atoms with Gasteiger partial charge < -0.3 is 92.3 Å². The second kappa shape index (κ2) is 35.9. The average Bonchev–Trinajstić information content (AvgIpc) is 1.58. The largest absolute Gasteiger partial charge is 0.497 e. The van der Waals surface area contributed by atoms with Gasteiger partial charge in [0, 0.05) is 207 Å². The van der Waals surface area contributed by atoms with Gasteiger partial charge in [-0.3, -0.25) is 24.0 Å². The van der Waals surface area contributed by atoms with Gasteiger partial charge in [0.1, 0.15) is 84.8 Å². The van der Waals surface area contributed by atoms with Crippen LogP contribution in [0.3, 0.4) is 0 Å². The van der Waals surface area contributed by atoms with E-state index in [0.29, 0.717) is 93.7 Å². The molecule has 12 aromatic heterocycles. The molecular formula is C89H92F3N21O11. The van der Waals surface area contributed by atoms with Crippen LogP contribution in [0.25, 0.3) is 133 Å². The molecule has 16 aromatic rings. The van der Waals surface area contributed by atoms with Gasteiger partial charge in [-0.1, -0.05) is 0 Å². The molecule has 7 N–H and O–H groups in total. The molecule has 5 amide bonds. The number of nitrogens with one attached hydrogen (secondary N) is 6. The number of morpholine rings is 2. The third-order valence-electron chi connectivity index (χ3n) is 22.5. The number of ether oxygens (including phenoxy) is 5. The summed E-state index contributed by atoms with van der Waals surface area (Å²) in [6.45, 7) is 10.4. The number of aliphatic hydroxyl groups is 1. The lowest BCUT2D eigenvalue weighted by atomic mass is 10.0. The fraction of sp³-hybridized carbons (Fsp3) is 0.315. The highest BCUT2D eigenvalue weighted by atomic mass is 19.4. The van der Waals surface area contributed by atoms with Crippen molar-refractivity contribution in [1.29, 1.82) is 0 Å². The van der Waals surface area contributed by atoms with Gasteiger partial charge in [-0.2, -0.15) is 13.2 Å². The van der Waals surface area contributed by atoms with Crippen molar-refractivity contribution in [3.05, 3.63) is 177 Å². The number of likely N-dealkylation sites (tertiary alicyclic amines) is 1. The molecule has 0 bridgehead atoms. The Kier molecular flexibility index (Phi) is 24.2. The van der Waals surface area contributed by atoms with E-state index in [1.165, 1.54) is 25.0 Å². The number of hydrogen-bond donors (Lipinski definition) is 7. The number of methoxy groups -OCH3 is 3. The first-order chi connectivity index (χ1) is 60.0. The van der Waals surface area contributed by atoms with E-state index in [1.807, 2.05) is 137 Å². The van der Waals surface area contributed by atoms with Crippen LogP contribution in [0, 0.1) is 0 Å². The van der Waals surface area contributed by atoms with Gasteiger partial charge in [-0.25, -0.2) is 39.9 Å². The zero-order chi connectivity index (χ0) is 86.5. The molecule has 3 aliphatic heterocycles. The first-order valence-electron chi connectivity index (χ1n) is 40.6. The maximum atomic E-state index is 13.4. The molecule has 19 rings (SSSR count). The number of carbonyl (C=O) groups is 5. The van der Waals surface area contributed by atoms with Crippen molar-refractivity contribution in [1.82, 2.24) is 103 Å². The highest BCUT2D eigenvalue weighted by molar-refractivity contribution is 6.05. The third-order valence-corrected chi connectivity index (χ3v) is 22.5. The number of aryl methyl sites for hydroxylation is 2. The monoisotopic (exact) mass is 1690 g/mol. The Balaban J connectivity index is 0.000000123. The van der Waals surface area contributed by atoms with Gasteiger partial charge in [-0.15, -0.1) is 0 Å². The van der Waals surface area contributed by atoms with Crippen molar-refractivity contribution in [2.24, 2.45) is 7.05 Å².